The van der Waals surface area contributed by atoms with E-state index in [2.05, 4.69) is 45.0 Å². The number of carbonyl (C=O) groups excluding carboxylic acids is 5. The second-order valence-corrected chi connectivity index (χ2v) is 21.5. The number of thiophene rings is 1. The fraction of sp³-hybridized carbons (Fsp3) is 0.389. The molecule has 16 nitrogen and oxygen atoms in total. The van der Waals surface area contributed by atoms with Crippen molar-refractivity contribution < 1.29 is 33.4 Å². The summed E-state index contributed by atoms with van der Waals surface area (Å²) in [5, 5.41) is 18.7. The second-order valence-electron chi connectivity index (χ2n) is 19.4. The minimum absolute atomic E-state index is 0.00478. The molecule has 2 aliphatic heterocycles. The van der Waals surface area contributed by atoms with Crippen LogP contribution in [0.4, 0.5) is 5.69 Å². The maximum absolute atomic E-state index is 14.1. The van der Waals surface area contributed by atoms with E-state index >= 15 is 0 Å². The van der Waals surface area contributed by atoms with E-state index in [4.69, 9.17) is 14.5 Å². The summed E-state index contributed by atoms with van der Waals surface area (Å²) in [6, 6.07) is 20.3. The molecule has 6 aromatic rings. The molecule has 3 N–H and O–H groups in total. The Morgan fingerprint density at radius 2 is 1.58 bits per heavy atom. The number of anilines is 1. The number of nitrogens with one attached hydrogen (secondary N) is 3. The molecule has 1 fully saturated rings. The number of methoxy groups -OCH3 is 1. The van der Waals surface area contributed by atoms with E-state index in [1.165, 1.54) is 7.11 Å². The van der Waals surface area contributed by atoms with Crippen LogP contribution in [0.3, 0.4) is 0 Å². The largest absolute Gasteiger partial charge is 0.484 e. The SMILES string of the molecule is COC(=O)C[C@@H]1N=C(c2ccc(NC(=O)CCc3ccc(OCC(=O)NC(C(=O)N4CCC[C@H]4C(=O)N[C@@H](C)c4ccc(-c5scnc5C)cc4)C(C)(C)C)cc3)cc2)c2c(sc(C)c2C)-n2c(C)nnc21. The predicted molar refractivity (Wildman–Crippen MR) is 279 cm³/mol. The van der Waals surface area contributed by atoms with Crippen LogP contribution in [0.15, 0.2) is 83.3 Å². The van der Waals surface area contributed by atoms with Gasteiger partial charge in [-0.05, 0) is 106 Å². The van der Waals surface area contributed by atoms with Crippen molar-refractivity contribution in [3.63, 3.8) is 0 Å². The highest BCUT2D eigenvalue weighted by molar-refractivity contribution is 7.15. The molecule has 3 aromatic heterocycles. The quantitative estimate of drug-likeness (QED) is 0.0791. The van der Waals surface area contributed by atoms with Crippen LogP contribution in [0.2, 0.25) is 0 Å². The van der Waals surface area contributed by atoms with E-state index in [1.54, 1.807) is 39.7 Å². The Morgan fingerprint density at radius 1 is 0.875 bits per heavy atom. The lowest BCUT2D eigenvalue weighted by molar-refractivity contribution is -0.144. The van der Waals surface area contributed by atoms with Crippen LogP contribution >= 0.6 is 22.7 Å². The first kappa shape index (κ1) is 51.3. The minimum atomic E-state index is -0.895. The Labute approximate surface area is 427 Å². The first-order valence-electron chi connectivity index (χ1n) is 24.1. The van der Waals surface area contributed by atoms with E-state index in [-0.39, 0.29) is 43.2 Å². The summed E-state index contributed by atoms with van der Waals surface area (Å²) in [6.07, 6.45) is 1.90. The molecule has 5 heterocycles. The number of likely N-dealkylation sites (tertiary alicyclic amines) is 1. The van der Waals surface area contributed by atoms with E-state index < -0.39 is 35.4 Å². The number of amides is 4. The molecule has 72 heavy (non-hydrogen) atoms. The summed E-state index contributed by atoms with van der Waals surface area (Å²) in [4.78, 5) is 80.1. The highest BCUT2D eigenvalue weighted by atomic mass is 32.1. The van der Waals surface area contributed by atoms with Gasteiger partial charge in [0.1, 0.15) is 34.7 Å². The normalized spacial score (nSPS) is 16.1. The molecular formula is C54H61N9O7S2. The van der Waals surface area contributed by atoms with Crippen molar-refractivity contribution >= 4 is 63.7 Å². The van der Waals surface area contributed by atoms with Crippen molar-refractivity contribution in [1.82, 2.24) is 35.3 Å². The van der Waals surface area contributed by atoms with Crippen molar-refractivity contribution in [1.29, 1.82) is 0 Å². The Balaban J connectivity index is 0.821. The summed E-state index contributed by atoms with van der Waals surface area (Å²) in [7, 11) is 1.35. The van der Waals surface area contributed by atoms with Gasteiger partial charge in [0.2, 0.25) is 17.7 Å². The molecule has 1 unspecified atom stereocenters. The number of benzene rings is 3. The van der Waals surface area contributed by atoms with E-state index in [0.29, 0.717) is 48.9 Å². The first-order chi connectivity index (χ1) is 34.4. The van der Waals surface area contributed by atoms with Crippen LogP contribution in [0.25, 0.3) is 15.4 Å². The topological polar surface area (TPSA) is 199 Å². The lowest BCUT2D eigenvalue weighted by Crippen LogP contribution is -2.58. The first-order valence-corrected chi connectivity index (χ1v) is 25.8. The second kappa shape index (κ2) is 21.7. The molecule has 8 rings (SSSR count). The van der Waals surface area contributed by atoms with Gasteiger partial charge in [0, 0.05) is 34.7 Å². The maximum atomic E-state index is 14.1. The van der Waals surface area contributed by atoms with Crippen molar-refractivity contribution in [3.8, 4) is 21.2 Å². The van der Waals surface area contributed by atoms with Gasteiger partial charge in [0.05, 0.1) is 41.4 Å². The number of aryl methyl sites for hydroxylation is 4. The highest BCUT2D eigenvalue weighted by Gasteiger charge is 2.42. The van der Waals surface area contributed by atoms with Crippen LogP contribution in [0.5, 0.6) is 5.75 Å². The summed E-state index contributed by atoms with van der Waals surface area (Å²) >= 11 is 3.22. The molecule has 18 heteroatoms. The number of rotatable bonds is 16. The van der Waals surface area contributed by atoms with Gasteiger partial charge in [-0.25, -0.2) is 4.98 Å². The van der Waals surface area contributed by atoms with Crippen molar-refractivity contribution in [2.45, 2.75) is 112 Å². The number of hydrogen-bond donors (Lipinski definition) is 3. The number of thiazole rings is 1. The number of aliphatic imine (C=N–C) groups is 1. The molecular weight excluding hydrogens is 951 g/mol. The fourth-order valence-electron chi connectivity index (χ4n) is 9.08. The van der Waals surface area contributed by atoms with Gasteiger partial charge in [-0.2, -0.15) is 0 Å². The van der Waals surface area contributed by atoms with Gasteiger partial charge in [-0.15, -0.1) is 32.9 Å². The molecule has 3 aromatic carbocycles. The number of carbonyl (C=O) groups is 5. The fourth-order valence-corrected chi connectivity index (χ4v) is 11.1. The molecule has 4 amide bonds. The standard InChI is InChI=1S/C54H61N9O7S2/c1-30-33(4)72-53-46(30)47(58-41(27-45(66)69-9)50-61-60-34(5)63(50)53)37-19-21-39(22-20-37)57-43(64)25-14-35-12-23-40(24-13-35)70-28-44(65)59-49(54(6,7)8)52(68)62-26-10-11-42(62)51(67)56-31(2)36-15-17-38(18-16-36)48-32(3)55-29-71-48/h12-13,15-24,29,31,41-42,49H,10-11,14,25-28H2,1-9H3,(H,56,67)(H,57,64)(H,59,65)/t31-,41-,42-,49?/m0/s1. The van der Waals surface area contributed by atoms with Crippen LogP contribution in [0, 0.1) is 33.1 Å². The summed E-state index contributed by atoms with van der Waals surface area (Å²) < 4.78 is 12.8. The third-order valence-corrected chi connectivity index (χ3v) is 15.4. The third kappa shape index (κ3) is 11.3. The Kier molecular flexibility index (Phi) is 15.5. The van der Waals surface area contributed by atoms with Gasteiger partial charge in [-0.3, -0.25) is 33.5 Å². The number of aromatic nitrogens is 4. The monoisotopic (exact) mass is 1010 g/mol. The van der Waals surface area contributed by atoms with Crippen molar-refractivity contribution in [3.05, 3.63) is 128 Å². The molecule has 0 spiro atoms. The zero-order chi connectivity index (χ0) is 51.4. The highest BCUT2D eigenvalue weighted by Crippen LogP contribution is 2.40. The van der Waals surface area contributed by atoms with Gasteiger partial charge in [-0.1, -0.05) is 69.3 Å². The van der Waals surface area contributed by atoms with E-state index in [9.17, 15) is 24.0 Å². The Hall–Kier alpha value is -7.05. The van der Waals surface area contributed by atoms with Crippen molar-refractivity contribution in [2.75, 3.05) is 25.6 Å². The molecule has 0 aliphatic carbocycles. The zero-order valence-corrected chi connectivity index (χ0v) is 43.8. The number of nitrogens with zero attached hydrogens (tertiary/aromatic N) is 6. The lowest BCUT2D eigenvalue weighted by atomic mass is 9.85. The molecule has 376 valence electrons. The van der Waals surface area contributed by atoms with Crippen LogP contribution in [-0.2, 0) is 35.1 Å². The maximum Gasteiger partial charge on any atom is 0.308 e. The molecule has 2 aliphatic rings. The van der Waals surface area contributed by atoms with Gasteiger partial charge in [0.25, 0.3) is 5.91 Å². The van der Waals surface area contributed by atoms with E-state index in [1.807, 2.05) is 112 Å². The number of fused-ring (bicyclic) bond motifs is 3. The van der Waals surface area contributed by atoms with Crippen LogP contribution in [-0.4, -0.2) is 92.3 Å². The number of hydrogen-bond acceptors (Lipinski definition) is 13. The molecule has 1 saturated heterocycles. The average molecular weight is 1010 g/mol. The predicted octanol–water partition coefficient (Wildman–Crippen LogP) is 8.49. The lowest BCUT2D eigenvalue weighted by Gasteiger charge is -2.35. The zero-order valence-electron chi connectivity index (χ0n) is 42.1. The molecule has 4 atom stereocenters. The van der Waals surface area contributed by atoms with E-state index in [0.717, 1.165) is 59.5 Å². The number of ether oxygens (including phenoxy) is 2. The van der Waals surface area contributed by atoms with Gasteiger partial charge in [0.15, 0.2) is 12.4 Å². The van der Waals surface area contributed by atoms with Crippen LogP contribution < -0.4 is 20.7 Å². The van der Waals surface area contributed by atoms with Crippen molar-refractivity contribution in [2.24, 2.45) is 10.4 Å². The molecule has 0 radical (unpaired) electrons. The number of esters is 1. The molecule has 0 saturated carbocycles. The summed E-state index contributed by atoms with van der Waals surface area (Å²) in [5.41, 5.74) is 9.29. The van der Waals surface area contributed by atoms with Gasteiger partial charge < -0.3 is 30.3 Å². The Bertz CT molecular complexity index is 3010. The minimum Gasteiger partial charge on any atom is -0.484 e. The van der Waals surface area contributed by atoms with Crippen LogP contribution in [0.1, 0.15) is 115 Å². The van der Waals surface area contributed by atoms with Gasteiger partial charge >= 0.3 is 5.97 Å². The third-order valence-electron chi connectivity index (χ3n) is 13.2. The summed E-state index contributed by atoms with van der Waals surface area (Å²) in [6.45, 7) is 15.7. The summed E-state index contributed by atoms with van der Waals surface area (Å²) in [5.74, 6) is 0.176. The molecule has 0 bridgehead atoms. The average Bonchev–Trinajstić information content (AvgIpc) is 4.16. The Morgan fingerprint density at radius 3 is 2.25 bits per heavy atom. The smallest absolute Gasteiger partial charge is 0.308 e.